The zero-order valence-corrected chi connectivity index (χ0v) is 19.1. The fourth-order valence-corrected chi connectivity index (χ4v) is 3.15. The zero-order valence-electron chi connectivity index (χ0n) is 19.1. The molecule has 162 valence electrons. The molecule has 4 nitrogen and oxygen atoms in total. The van der Waals surface area contributed by atoms with Crippen molar-refractivity contribution in [2.75, 3.05) is 0 Å². The van der Waals surface area contributed by atoms with Gasteiger partial charge in [-0.3, -0.25) is 0 Å². The smallest absolute Gasteiger partial charge is 0.407 e. The lowest BCUT2D eigenvalue weighted by Gasteiger charge is -2.27. The first-order valence-corrected chi connectivity index (χ1v) is 10.4. The molecule has 1 amide bonds. The Kier molecular flexibility index (Phi) is 7.71. The third-order valence-electron chi connectivity index (χ3n) is 4.19. The predicted octanol–water partition coefficient (Wildman–Crippen LogP) is 6.51. The molecule has 0 aliphatic heterocycles. The molecule has 1 atom stereocenters. The minimum absolute atomic E-state index is 0.183. The maximum Gasteiger partial charge on any atom is 0.407 e. The van der Waals surface area contributed by atoms with Gasteiger partial charge in [-0.25, -0.2) is 4.79 Å². The number of nitrogens with one attached hydrogen (secondary N) is 1. The molecule has 0 radical (unpaired) electrons. The highest BCUT2D eigenvalue weighted by molar-refractivity contribution is 5.68. The Morgan fingerprint density at radius 2 is 1.40 bits per heavy atom. The quantitative estimate of drug-likeness (QED) is 0.530. The van der Waals surface area contributed by atoms with E-state index >= 15 is 0 Å². The van der Waals surface area contributed by atoms with E-state index < -0.39 is 11.7 Å². The van der Waals surface area contributed by atoms with Gasteiger partial charge in [-0.1, -0.05) is 61.2 Å². The van der Waals surface area contributed by atoms with Crippen molar-refractivity contribution in [2.24, 2.45) is 0 Å². The summed E-state index contributed by atoms with van der Waals surface area (Å²) in [6.07, 6.45) is 0.731. The number of benzene rings is 2. The Labute approximate surface area is 181 Å². The van der Waals surface area contributed by atoms with Gasteiger partial charge in [0.1, 0.15) is 11.2 Å². The second-order valence-corrected chi connectivity index (χ2v) is 9.57. The lowest BCUT2D eigenvalue weighted by molar-refractivity contribution is 0.0404. The lowest BCUT2D eigenvalue weighted by atomic mass is 9.99. The number of alkyl carbamates (subject to hydrolysis) is 1. The van der Waals surface area contributed by atoms with Crippen molar-refractivity contribution in [1.82, 2.24) is 5.32 Å². The summed E-state index contributed by atoms with van der Waals surface area (Å²) in [6.45, 7) is 15.5. The molecule has 30 heavy (non-hydrogen) atoms. The number of rotatable bonds is 7. The molecule has 1 N–H and O–H groups in total. The van der Waals surface area contributed by atoms with E-state index in [-0.39, 0.29) is 11.6 Å². The van der Waals surface area contributed by atoms with Crippen LogP contribution in [0.25, 0.3) is 11.1 Å². The summed E-state index contributed by atoms with van der Waals surface area (Å²) < 4.78 is 11.3. The molecular formula is C26H35NO3. The summed E-state index contributed by atoms with van der Waals surface area (Å²) in [6, 6.07) is 18.5. The van der Waals surface area contributed by atoms with Gasteiger partial charge in [0.15, 0.2) is 0 Å². The average molecular weight is 410 g/mol. The highest BCUT2D eigenvalue weighted by atomic mass is 16.6. The van der Waals surface area contributed by atoms with Gasteiger partial charge in [0.05, 0.1) is 5.76 Å². The summed E-state index contributed by atoms with van der Waals surface area (Å²) in [7, 11) is 0. The van der Waals surface area contributed by atoms with Crippen LogP contribution in [0.4, 0.5) is 4.79 Å². The van der Waals surface area contributed by atoms with Crippen molar-refractivity contribution < 1.29 is 14.3 Å². The summed E-state index contributed by atoms with van der Waals surface area (Å²) in [5, 5.41) is 2.98. The molecule has 0 spiro atoms. The highest BCUT2D eigenvalue weighted by Crippen LogP contribution is 2.22. The minimum atomic E-state index is -0.551. The normalized spacial score (nSPS) is 12.7. The Balaban J connectivity index is 2.11. The zero-order chi connectivity index (χ0) is 22.4. The third-order valence-corrected chi connectivity index (χ3v) is 4.19. The number of carbonyl (C=O) groups is 1. The molecule has 0 heterocycles. The van der Waals surface area contributed by atoms with Gasteiger partial charge in [0.2, 0.25) is 0 Å². The van der Waals surface area contributed by atoms with E-state index in [0.29, 0.717) is 18.6 Å². The topological polar surface area (TPSA) is 47.6 Å². The van der Waals surface area contributed by atoms with Crippen LogP contribution in [0, 0.1) is 0 Å². The minimum Gasteiger partial charge on any atom is -0.493 e. The SMILES string of the molecule is C=C(C[C@@H](Cc1ccc(-c2ccccc2)cc1)NC(=O)OC(C)(C)C)OC(C)(C)C. The average Bonchev–Trinajstić information content (AvgIpc) is 2.59. The van der Waals surface area contributed by atoms with Crippen molar-refractivity contribution in [3.8, 4) is 11.1 Å². The largest absolute Gasteiger partial charge is 0.493 e. The van der Waals surface area contributed by atoms with Crippen LogP contribution in [0.15, 0.2) is 66.9 Å². The number of carbonyl (C=O) groups excluding carboxylic acids is 1. The molecule has 0 unspecified atom stereocenters. The predicted molar refractivity (Wildman–Crippen MR) is 123 cm³/mol. The van der Waals surface area contributed by atoms with Gasteiger partial charge in [-0.05, 0) is 64.7 Å². The van der Waals surface area contributed by atoms with E-state index in [1.807, 2.05) is 59.7 Å². The van der Waals surface area contributed by atoms with Crippen LogP contribution in [0.3, 0.4) is 0 Å². The first-order valence-electron chi connectivity index (χ1n) is 10.4. The Bertz CT molecular complexity index is 797. The second-order valence-electron chi connectivity index (χ2n) is 9.57. The van der Waals surface area contributed by atoms with E-state index in [0.717, 1.165) is 11.1 Å². The van der Waals surface area contributed by atoms with Crippen LogP contribution < -0.4 is 5.32 Å². The molecule has 0 aromatic heterocycles. The maximum absolute atomic E-state index is 12.4. The van der Waals surface area contributed by atoms with E-state index in [9.17, 15) is 4.79 Å². The molecule has 0 aliphatic carbocycles. The molecule has 0 saturated carbocycles. The van der Waals surface area contributed by atoms with Crippen molar-refractivity contribution >= 4 is 6.09 Å². The molecule has 0 fully saturated rings. The van der Waals surface area contributed by atoms with Crippen molar-refractivity contribution in [1.29, 1.82) is 0 Å². The molecule has 2 aromatic carbocycles. The summed E-state index contributed by atoms with van der Waals surface area (Å²) in [5.74, 6) is 0.643. The fraction of sp³-hybridized carbons (Fsp3) is 0.423. The number of hydrogen-bond donors (Lipinski definition) is 1. The van der Waals surface area contributed by atoms with Gasteiger partial charge in [-0.2, -0.15) is 0 Å². The van der Waals surface area contributed by atoms with Crippen LogP contribution in [-0.4, -0.2) is 23.3 Å². The molecular weight excluding hydrogens is 374 g/mol. The molecule has 2 aromatic rings. The van der Waals surface area contributed by atoms with Crippen molar-refractivity contribution in [2.45, 2.75) is 71.6 Å². The van der Waals surface area contributed by atoms with Crippen LogP contribution in [0.1, 0.15) is 53.5 Å². The second kappa shape index (κ2) is 9.84. The van der Waals surface area contributed by atoms with E-state index in [1.165, 1.54) is 5.56 Å². The molecule has 0 aliphatic rings. The van der Waals surface area contributed by atoms with Crippen LogP contribution >= 0.6 is 0 Å². The van der Waals surface area contributed by atoms with Crippen LogP contribution in [0.2, 0.25) is 0 Å². The van der Waals surface area contributed by atoms with Crippen molar-refractivity contribution in [3.63, 3.8) is 0 Å². The molecule has 4 heteroatoms. The van der Waals surface area contributed by atoms with Crippen molar-refractivity contribution in [3.05, 3.63) is 72.5 Å². The van der Waals surface area contributed by atoms with Gasteiger partial charge >= 0.3 is 6.09 Å². The highest BCUT2D eigenvalue weighted by Gasteiger charge is 2.22. The first-order chi connectivity index (χ1) is 13.9. The van der Waals surface area contributed by atoms with E-state index in [4.69, 9.17) is 9.47 Å². The molecule has 0 saturated heterocycles. The summed E-state index contributed by atoms with van der Waals surface area (Å²) >= 11 is 0. The maximum atomic E-state index is 12.4. The fourth-order valence-electron chi connectivity index (χ4n) is 3.15. The monoisotopic (exact) mass is 409 g/mol. The summed E-state index contributed by atoms with van der Waals surface area (Å²) in [5.41, 5.74) is 2.59. The molecule has 2 rings (SSSR count). The lowest BCUT2D eigenvalue weighted by Crippen LogP contribution is -2.40. The molecule has 0 bridgehead atoms. The Morgan fingerprint density at radius 3 is 1.93 bits per heavy atom. The Hall–Kier alpha value is -2.75. The number of amides is 1. The van der Waals surface area contributed by atoms with Gasteiger partial charge < -0.3 is 14.8 Å². The Morgan fingerprint density at radius 1 is 0.867 bits per heavy atom. The van der Waals surface area contributed by atoms with E-state index in [2.05, 4.69) is 48.3 Å². The number of hydrogen-bond acceptors (Lipinski definition) is 3. The van der Waals surface area contributed by atoms with Gasteiger partial charge in [0.25, 0.3) is 0 Å². The van der Waals surface area contributed by atoms with Gasteiger partial charge in [-0.15, -0.1) is 0 Å². The summed E-state index contributed by atoms with van der Waals surface area (Å²) in [4.78, 5) is 12.4. The van der Waals surface area contributed by atoms with Gasteiger partial charge in [0, 0.05) is 12.5 Å². The van der Waals surface area contributed by atoms with Crippen LogP contribution in [0.5, 0.6) is 0 Å². The van der Waals surface area contributed by atoms with Crippen LogP contribution in [-0.2, 0) is 15.9 Å². The van der Waals surface area contributed by atoms with E-state index in [1.54, 1.807) is 0 Å². The first kappa shape index (κ1) is 23.5. The number of ether oxygens (including phenoxy) is 2. The third kappa shape index (κ3) is 8.73. The standard InChI is InChI=1S/C26H35NO3/c1-19(29-25(2,3)4)17-23(27-24(28)30-26(5,6)7)18-20-13-15-22(16-14-20)21-11-9-8-10-12-21/h8-16,23H,1,17-18H2,2-7H3,(H,27,28)/t23-/m0/s1.